The Kier molecular flexibility index (Phi) is 7.02. The van der Waals surface area contributed by atoms with Gasteiger partial charge in [0.2, 0.25) is 5.95 Å². The van der Waals surface area contributed by atoms with Gasteiger partial charge in [-0.3, -0.25) is 4.79 Å². The summed E-state index contributed by atoms with van der Waals surface area (Å²) in [5.74, 6) is -0.0387. The number of aromatic amines is 1. The largest absolute Gasteiger partial charge is 0.394 e. The van der Waals surface area contributed by atoms with Gasteiger partial charge in [-0.2, -0.15) is 0 Å². The highest BCUT2D eigenvalue weighted by molar-refractivity contribution is 6.30. The Balaban J connectivity index is 1.87. The van der Waals surface area contributed by atoms with Gasteiger partial charge in [-0.1, -0.05) is 23.7 Å². The molecule has 0 spiro atoms. The van der Waals surface area contributed by atoms with Crippen LogP contribution >= 0.6 is 11.6 Å². The Bertz CT molecular complexity index is 1040. The Morgan fingerprint density at radius 1 is 1.33 bits per heavy atom. The minimum Gasteiger partial charge on any atom is -0.394 e. The predicted octanol–water partition coefficient (Wildman–Crippen LogP) is 3.59. The molecule has 0 saturated carbocycles. The van der Waals surface area contributed by atoms with Crippen LogP contribution in [-0.4, -0.2) is 45.8 Å². The molecule has 3 aromatic rings. The van der Waals surface area contributed by atoms with Crippen LogP contribution in [0.15, 0.2) is 36.5 Å². The van der Waals surface area contributed by atoms with Gasteiger partial charge in [-0.05, 0) is 43.2 Å². The first kappa shape index (κ1) is 21.7. The van der Waals surface area contributed by atoms with E-state index in [2.05, 4.69) is 25.6 Å². The van der Waals surface area contributed by atoms with E-state index in [0.717, 1.165) is 11.3 Å². The number of H-pyrrole nitrogens is 1. The van der Waals surface area contributed by atoms with Gasteiger partial charge in [0.25, 0.3) is 5.91 Å². The number of alkyl halides is 1. The smallest absolute Gasteiger partial charge is 0.268 e. The van der Waals surface area contributed by atoms with Crippen molar-refractivity contribution in [2.45, 2.75) is 19.9 Å². The van der Waals surface area contributed by atoms with Gasteiger partial charge in [0, 0.05) is 29.0 Å². The number of carbonyl (C=O) groups is 1. The number of halogens is 2. The number of nitrogens with one attached hydrogen (secondary N) is 3. The van der Waals surface area contributed by atoms with E-state index in [0.29, 0.717) is 33.5 Å². The number of hydrogen-bond donors (Lipinski definition) is 4. The Morgan fingerprint density at radius 3 is 2.83 bits per heavy atom. The van der Waals surface area contributed by atoms with E-state index in [1.54, 1.807) is 36.5 Å². The molecule has 0 radical (unpaired) electrons. The van der Waals surface area contributed by atoms with Crippen molar-refractivity contribution in [3.05, 3.63) is 64.1 Å². The van der Waals surface area contributed by atoms with E-state index in [4.69, 9.17) is 11.6 Å². The number of rotatable bonds is 8. The van der Waals surface area contributed by atoms with Crippen LogP contribution < -0.4 is 10.6 Å². The summed E-state index contributed by atoms with van der Waals surface area (Å²) < 4.78 is 12.4. The van der Waals surface area contributed by atoms with Crippen LogP contribution in [0.5, 0.6) is 0 Å². The molecule has 7 nitrogen and oxygen atoms in total. The lowest BCUT2D eigenvalue weighted by molar-refractivity contribution is 0.0911. The van der Waals surface area contributed by atoms with Crippen molar-refractivity contribution in [2.24, 2.45) is 0 Å². The van der Waals surface area contributed by atoms with Gasteiger partial charge in [0.05, 0.1) is 18.3 Å². The molecule has 4 N–H and O–H groups in total. The fourth-order valence-electron chi connectivity index (χ4n) is 3.29. The predicted molar refractivity (Wildman–Crippen MR) is 115 cm³/mol. The van der Waals surface area contributed by atoms with Crippen LogP contribution in [0.3, 0.4) is 0 Å². The first-order chi connectivity index (χ1) is 14.4. The van der Waals surface area contributed by atoms with E-state index < -0.39 is 12.7 Å². The molecule has 1 aromatic carbocycles. The maximum atomic E-state index is 12.9. The van der Waals surface area contributed by atoms with Crippen LogP contribution in [0.2, 0.25) is 5.02 Å². The number of benzene rings is 1. The van der Waals surface area contributed by atoms with Crippen molar-refractivity contribution in [3.8, 4) is 11.3 Å². The summed E-state index contributed by atoms with van der Waals surface area (Å²) in [4.78, 5) is 24.5. The third-order valence-electron chi connectivity index (χ3n) is 4.69. The monoisotopic (exact) mass is 431 g/mol. The fourth-order valence-corrected chi connectivity index (χ4v) is 3.49. The lowest BCUT2D eigenvalue weighted by atomic mass is 10.1. The van der Waals surface area contributed by atoms with Crippen molar-refractivity contribution in [1.82, 2.24) is 20.3 Å². The Morgan fingerprint density at radius 2 is 2.13 bits per heavy atom. The first-order valence-corrected chi connectivity index (χ1v) is 9.82. The summed E-state index contributed by atoms with van der Waals surface area (Å²) in [5, 5.41) is 15.9. The molecule has 0 fully saturated rings. The third kappa shape index (κ3) is 4.77. The highest BCUT2D eigenvalue weighted by Gasteiger charge is 2.22. The topological polar surface area (TPSA) is 103 Å². The molecule has 0 aliphatic rings. The SMILES string of the molecule is Cc1[nH]c(C(=O)N[C@H](CO)c2cccc(Cl)c2)c(C)c1-c1ccnc(NCCF)n1. The molecule has 158 valence electrons. The third-order valence-corrected chi connectivity index (χ3v) is 4.93. The van der Waals surface area contributed by atoms with Gasteiger partial charge in [-0.25, -0.2) is 14.4 Å². The molecule has 2 aromatic heterocycles. The van der Waals surface area contributed by atoms with Crippen molar-refractivity contribution in [1.29, 1.82) is 0 Å². The summed E-state index contributed by atoms with van der Waals surface area (Å²) in [6, 6.07) is 8.11. The lowest BCUT2D eigenvalue weighted by Crippen LogP contribution is -2.31. The van der Waals surface area contributed by atoms with Crippen molar-refractivity contribution < 1.29 is 14.3 Å². The molecule has 9 heteroatoms. The van der Waals surface area contributed by atoms with Crippen LogP contribution in [0.25, 0.3) is 11.3 Å². The van der Waals surface area contributed by atoms with E-state index in [1.807, 2.05) is 13.8 Å². The van der Waals surface area contributed by atoms with E-state index in [9.17, 15) is 14.3 Å². The highest BCUT2D eigenvalue weighted by atomic mass is 35.5. The van der Waals surface area contributed by atoms with Crippen molar-refractivity contribution >= 4 is 23.5 Å². The van der Waals surface area contributed by atoms with E-state index in [-0.39, 0.29) is 19.1 Å². The van der Waals surface area contributed by atoms with Crippen LogP contribution in [0, 0.1) is 13.8 Å². The maximum absolute atomic E-state index is 12.9. The average Bonchev–Trinajstić information content (AvgIpc) is 3.04. The molecule has 30 heavy (non-hydrogen) atoms. The molecule has 0 aliphatic heterocycles. The van der Waals surface area contributed by atoms with Gasteiger partial charge >= 0.3 is 0 Å². The average molecular weight is 432 g/mol. The Labute approximate surface area is 178 Å². The summed E-state index contributed by atoms with van der Waals surface area (Å²) >= 11 is 6.02. The molecular weight excluding hydrogens is 409 g/mol. The minimum absolute atomic E-state index is 0.119. The maximum Gasteiger partial charge on any atom is 0.268 e. The second-order valence-electron chi connectivity index (χ2n) is 6.77. The minimum atomic E-state index is -0.599. The number of carbonyl (C=O) groups excluding carboxylic acids is 1. The molecule has 0 unspecified atom stereocenters. The molecule has 3 rings (SSSR count). The number of aromatic nitrogens is 3. The summed E-state index contributed by atoms with van der Waals surface area (Å²) in [6.45, 7) is 2.98. The Hall–Kier alpha value is -2.97. The van der Waals surface area contributed by atoms with Gasteiger partial charge in [0.15, 0.2) is 0 Å². The molecule has 2 heterocycles. The second-order valence-corrected chi connectivity index (χ2v) is 7.21. The van der Waals surface area contributed by atoms with E-state index in [1.165, 1.54) is 0 Å². The van der Waals surface area contributed by atoms with Gasteiger partial charge in [0.1, 0.15) is 12.4 Å². The van der Waals surface area contributed by atoms with Crippen LogP contribution in [0.1, 0.15) is 33.4 Å². The number of aliphatic hydroxyl groups is 1. The fraction of sp³-hybridized carbons (Fsp3) is 0.286. The number of nitrogens with zero attached hydrogens (tertiary/aromatic N) is 2. The zero-order valence-corrected chi connectivity index (χ0v) is 17.4. The summed E-state index contributed by atoms with van der Waals surface area (Å²) in [6.07, 6.45) is 1.58. The van der Waals surface area contributed by atoms with Gasteiger partial charge in [-0.15, -0.1) is 0 Å². The van der Waals surface area contributed by atoms with Crippen LogP contribution in [-0.2, 0) is 0 Å². The summed E-state index contributed by atoms with van der Waals surface area (Å²) in [5.41, 5.74) is 3.94. The molecular formula is C21H23ClFN5O2. The second kappa shape index (κ2) is 9.69. The number of aryl methyl sites for hydroxylation is 1. The number of aliphatic hydroxyl groups excluding tert-OH is 1. The number of amides is 1. The zero-order valence-electron chi connectivity index (χ0n) is 16.7. The van der Waals surface area contributed by atoms with Crippen molar-refractivity contribution in [3.63, 3.8) is 0 Å². The molecule has 1 atom stereocenters. The van der Waals surface area contributed by atoms with Gasteiger partial charge < -0.3 is 20.7 Å². The first-order valence-electron chi connectivity index (χ1n) is 9.44. The number of anilines is 1. The highest BCUT2D eigenvalue weighted by Crippen LogP contribution is 2.29. The normalized spacial score (nSPS) is 11.9. The molecule has 0 saturated heterocycles. The standard InChI is InChI=1S/C21H23ClFN5O2/c1-12-18(16-6-8-24-21(28-16)25-9-7-23)13(2)26-19(12)20(30)27-17(11-29)14-4-3-5-15(22)10-14/h3-6,8,10,17,26,29H,7,9,11H2,1-2H3,(H,27,30)(H,24,25,28)/t17-/m1/s1. The van der Waals surface area contributed by atoms with Crippen molar-refractivity contribution in [2.75, 3.05) is 25.1 Å². The number of hydrogen-bond acceptors (Lipinski definition) is 5. The quantitative estimate of drug-likeness (QED) is 0.436. The van der Waals surface area contributed by atoms with E-state index >= 15 is 0 Å². The lowest BCUT2D eigenvalue weighted by Gasteiger charge is -2.17. The summed E-state index contributed by atoms with van der Waals surface area (Å²) in [7, 11) is 0. The molecule has 1 amide bonds. The zero-order chi connectivity index (χ0) is 21.7. The van der Waals surface area contributed by atoms with Crippen LogP contribution in [0.4, 0.5) is 10.3 Å². The molecule has 0 bridgehead atoms. The molecule has 0 aliphatic carbocycles.